The predicted molar refractivity (Wildman–Crippen MR) is 66.3 cm³/mol. The second kappa shape index (κ2) is 2.95. The van der Waals surface area contributed by atoms with Gasteiger partial charge >= 0.3 is 0 Å². The SMILES string of the molecule is Ic1cccc2c1[nH]c1ncccc12. The molecule has 0 radical (unpaired) electrons. The van der Waals surface area contributed by atoms with Crippen molar-refractivity contribution in [1.82, 2.24) is 9.97 Å². The van der Waals surface area contributed by atoms with Gasteiger partial charge in [0, 0.05) is 20.5 Å². The molecular weight excluding hydrogens is 287 g/mol. The van der Waals surface area contributed by atoms with Crippen LogP contribution in [0.15, 0.2) is 36.5 Å². The minimum Gasteiger partial charge on any atom is -0.338 e. The molecule has 3 heteroatoms. The lowest BCUT2D eigenvalue weighted by Crippen LogP contribution is -1.73. The molecule has 3 rings (SSSR count). The van der Waals surface area contributed by atoms with Crippen LogP contribution in [0.5, 0.6) is 0 Å². The van der Waals surface area contributed by atoms with Gasteiger partial charge < -0.3 is 4.98 Å². The van der Waals surface area contributed by atoms with Crippen molar-refractivity contribution in [2.45, 2.75) is 0 Å². The number of rotatable bonds is 0. The lowest BCUT2D eigenvalue weighted by molar-refractivity contribution is 1.34. The molecule has 1 N–H and O–H groups in total. The van der Waals surface area contributed by atoms with Crippen LogP contribution >= 0.6 is 22.6 Å². The molecule has 0 aliphatic carbocycles. The molecular formula is C11H7IN2. The van der Waals surface area contributed by atoms with Crippen LogP contribution in [0.2, 0.25) is 0 Å². The Morgan fingerprint density at radius 3 is 2.86 bits per heavy atom. The van der Waals surface area contributed by atoms with E-state index in [1.807, 2.05) is 12.3 Å². The first-order valence-electron chi connectivity index (χ1n) is 4.37. The molecule has 0 saturated heterocycles. The molecule has 68 valence electrons. The van der Waals surface area contributed by atoms with E-state index in [0.717, 1.165) is 5.65 Å². The first kappa shape index (κ1) is 8.23. The van der Waals surface area contributed by atoms with Gasteiger partial charge in [-0.05, 0) is 40.8 Å². The molecule has 1 aromatic carbocycles. The Hall–Kier alpha value is -1.10. The predicted octanol–water partition coefficient (Wildman–Crippen LogP) is 3.32. The first-order valence-corrected chi connectivity index (χ1v) is 5.45. The van der Waals surface area contributed by atoms with Crippen molar-refractivity contribution < 1.29 is 0 Å². The van der Waals surface area contributed by atoms with E-state index in [2.05, 4.69) is 56.8 Å². The average molecular weight is 294 g/mol. The lowest BCUT2D eigenvalue weighted by Gasteiger charge is -1.91. The van der Waals surface area contributed by atoms with Crippen LogP contribution in [0, 0.1) is 3.57 Å². The fourth-order valence-electron chi connectivity index (χ4n) is 1.72. The van der Waals surface area contributed by atoms with E-state index in [1.165, 1.54) is 19.9 Å². The van der Waals surface area contributed by atoms with Gasteiger partial charge in [-0.25, -0.2) is 4.98 Å². The van der Waals surface area contributed by atoms with Crippen molar-refractivity contribution in [3.05, 3.63) is 40.1 Å². The monoisotopic (exact) mass is 294 g/mol. The van der Waals surface area contributed by atoms with Gasteiger partial charge in [0.25, 0.3) is 0 Å². The number of para-hydroxylation sites is 1. The van der Waals surface area contributed by atoms with Crippen LogP contribution in [0.1, 0.15) is 0 Å². The number of benzene rings is 1. The topological polar surface area (TPSA) is 28.7 Å². The summed E-state index contributed by atoms with van der Waals surface area (Å²) < 4.78 is 1.23. The maximum atomic E-state index is 4.30. The maximum Gasteiger partial charge on any atom is 0.138 e. The van der Waals surface area contributed by atoms with Gasteiger partial charge in [-0.3, -0.25) is 0 Å². The third kappa shape index (κ3) is 1.05. The fraction of sp³-hybridized carbons (Fsp3) is 0. The molecule has 0 bridgehead atoms. The van der Waals surface area contributed by atoms with Gasteiger partial charge in [-0.1, -0.05) is 12.1 Å². The quantitative estimate of drug-likeness (QED) is 0.633. The Kier molecular flexibility index (Phi) is 1.73. The van der Waals surface area contributed by atoms with E-state index in [9.17, 15) is 0 Å². The summed E-state index contributed by atoms with van der Waals surface area (Å²) in [5, 5.41) is 2.45. The molecule has 14 heavy (non-hydrogen) atoms. The zero-order valence-electron chi connectivity index (χ0n) is 7.29. The summed E-state index contributed by atoms with van der Waals surface area (Å²) in [4.78, 5) is 7.63. The van der Waals surface area contributed by atoms with Crippen LogP contribution < -0.4 is 0 Å². The molecule has 0 atom stereocenters. The summed E-state index contributed by atoms with van der Waals surface area (Å²) in [6.07, 6.45) is 1.81. The Balaban J connectivity index is 2.63. The zero-order valence-corrected chi connectivity index (χ0v) is 9.45. The number of pyridine rings is 1. The molecule has 2 nitrogen and oxygen atoms in total. The number of nitrogens with one attached hydrogen (secondary N) is 1. The van der Waals surface area contributed by atoms with Crippen molar-refractivity contribution in [2.75, 3.05) is 0 Å². The van der Waals surface area contributed by atoms with E-state index in [4.69, 9.17) is 0 Å². The van der Waals surface area contributed by atoms with Crippen molar-refractivity contribution in [3.63, 3.8) is 0 Å². The maximum absolute atomic E-state index is 4.30. The van der Waals surface area contributed by atoms with Crippen LogP contribution in [-0.4, -0.2) is 9.97 Å². The summed E-state index contributed by atoms with van der Waals surface area (Å²) in [5.74, 6) is 0. The molecule has 2 aromatic heterocycles. The van der Waals surface area contributed by atoms with Gasteiger partial charge in [-0.15, -0.1) is 0 Å². The molecule has 0 unspecified atom stereocenters. The number of H-pyrrole nitrogens is 1. The Labute approximate surface area is 94.5 Å². The average Bonchev–Trinajstić information content (AvgIpc) is 2.59. The minimum absolute atomic E-state index is 0.964. The van der Waals surface area contributed by atoms with Gasteiger partial charge in [0.15, 0.2) is 0 Å². The van der Waals surface area contributed by atoms with Crippen molar-refractivity contribution >= 4 is 44.5 Å². The highest BCUT2D eigenvalue weighted by molar-refractivity contribution is 14.1. The number of halogens is 1. The third-order valence-electron chi connectivity index (χ3n) is 2.35. The second-order valence-corrected chi connectivity index (χ2v) is 4.35. The van der Waals surface area contributed by atoms with Crippen molar-refractivity contribution in [1.29, 1.82) is 0 Å². The van der Waals surface area contributed by atoms with Crippen LogP contribution in [-0.2, 0) is 0 Å². The van der Waals surface area contributed by atoms with Gasteiger partial charge in [0.05, 0.1) is 5.52 Å². The molecule has 0 amide bonds. The van der Waals surface area contributed by atoms with Gasteiger partial charge in [0.2, 0.25) is 0 Å². The molecule has 0 fully saturated rings. The normalized spacial score (nSPS) is 11.2. The minimum atomic E-state index is 0.964. The van der Waals surface area contributed by atoms with E-state index < -0.39 is 0 Å². The lowest BCUT2D eigenvalue weighted by atomic mass is 10.2. The molecule has 0 spiro atoms. The molecule has 0 saturated carbocycles. The van der Waals surface area contributed by atoms with Crippen LogP contribution in [0.4, 0.5) is 0 Å². The standard InChI is InChI=1S/C11H7IN2/c12-9-5-1-3-7-8-4-2-6-13-11(8)14-10(7)9/h1-6H,(H,13,14). The smallest absolute Gasteiger partial charge is 0.138 e. The summed E-state index contributed by atoms with van der Waals surface area (Å²) in [7, 11) is 0. The third-order valence-corrected chi connectivity index (χ3v) is 3.25. The van der Waals surface area contributed by atoms with Crippen LogP contribution in [0.25, 0.3) is 21.9 Å². The van der Waals surface area contributed by atoms with E-state index in [1.54, 1.807) is 0 Å². The molecule has 0 aliphatic heterocycles. The number of nitrogens with zero attached hydrogens (tertiary/aromatic N) is 1. The number of hydrogen-bond donors (Lipinski definition) is 1. The Morgan fingerprint density at radius 1 is 1.07 bits per heavy atom. The van der Waals surface area contributed by atoms with Crippen molar-refractivity contribution in [2.24, 2.45) is 0 Å². The summed E-state index contributed by atoms with van der Waals surface area (Å²) in [6, 6.07) is 10.4. The van der Waals surface area contributed by atoms with E-state index in [0.29, 0.717) is 0 Å². The van der Waals surface area contributed by atoms with Gasteiger partial charge in [-0.2, -0.15) is 0 Å². The highest BCUT2D eigenvalue weighted by Gasteiger charge is 2.05. The largest absolute Gasteiger partial charge is 0.338 e. The summed E-state index contributed by atoms with van der Waals surface area (Å²) in [6.45, 7) is 0. The second-order valence-electron chi connectivity index (χ2n) is 3.19. The van der Waals surface area contributed by atoms with Crippen LogP contribution in [0.3, 0.4) is 0 Å². The highest BCUT2D eigenvalue weighted by Crippen LogP contribution is 2.26. The summed E-state index contributed by atoms with van der Waals surface area (Å²) in [5.41, 5.74) is 2.15. The Morgan fingerprint density at radius 2 is 1.93 bits per heavy atom. The fourth-order valence-corrected chi connectivity index (χ4v) is 2.35. The van der Waals surface area contributed by atoms with E-state index >= 15 is 0 Å². The molecule has 3 aromatic rings. The zero-order chi connectivity index (χ0) is 9.54. The Bertz CT molecular complexity index is 613. The first-order chi connectivity index (χ1) is 6.86. The number of fused-ring (bicyclic) bond motifs is 3. The van der Waals surface area contributed by atoms with E-state index in [-0.39, 0.29) is 0 Å². The summed E-state index contributed by atoms with van der Waals surface area (Å²) >= 11 is 2.33. The molecule has 2 heterocycles. The molecule has 0 aliphatic rings. The highest BCUT2D eigenvalue weighted by atomic mass is 127. The number of hydrogen-bond acceptors (Lipinski definition) is 1. The number of aromatic amines is 1. The van der Waals surface area contributed by atoms with Gasteiger partial charge in [0.1, 0.15) is 5.65 Å². The van der Waals surface area contributed by atoms with Crippen molar-refractivity contribution in [3.8, 4) is 0 Å². The number of aromatic nitrogens is 2.